The summed E-state index contributed by atoms with van der Waals surface area (Å²) >= 11 is 7.47. The monoisotopic (exact) mass is 479 g/mol. The Bertz CT molecular complexity index is 1140. The Balaban J connectivity index is 0.00000231. The molecule has 164 valence electrons. The number of amides is 1. The molecule has 0 radical (unpaired) electrons. The highest BCUT2D eigenvalue weighted by Gasteiger charge is 2.45. The van der Waals surface area contributed by atoms with Crippen LogP contribution in [-0.2, 0) is 13.1 Å². The van der Waals surface area contributed by atoms with Crippen molar-refractivity contribution in [3.05, 3.63) is 50.6 Å². The summed E-state index contributed by atoms with van der Waals surface area (Å²) in [6.07, 6.45) is 2.94. The van der Waals surface area contributed by atoms with Crippen molar-refractivity contribution < 1.29 is 9.59 Å². The molecule has 0 saturated heterocycles. The fourth-order valence-electron chi connectivity index (χ4n) is 4.42. The smallest absolute Gasteiger partial charge is 0.280 e. The van der Waals surface area contributed by atoms with Crippen LogP contribution in [-0.4, -0.2) is 33.2 Å². The molecule has 7 nitrogen and oxygen atoms in total. The van der Waals surface area contributed by atoms with E-state index in [0.717, 1.165) is 40.9 Å². The van der Waals surface area contributed by atoms with Gasteiger partial charge < -0.3 is 21.4 Å². The predicted octanol–water partition coefficient (Wildman–Crippen LogP) is 3.56. The fourth-order valence-corrected chi connectivity index (χ4v) is 5.55. The number of hydrogen-bond acceptors (Lipinski definition) is 6. The lowest BCUT2D eigenvalue weighted by Gasteiger charge is -2.39. The maximum absolute atomic E-state index is 13.5. The van der Waals surface area contributed by atoms with Gasteiger partial charge in [-0.05, 0) is 37.1 Å². The van der Waals surface area contributed by atoms with Crippen LogP contribution < -0.4 is 16.4 Å². The van der Waals surface area contributed by atoms with Crippen molar-refractivity contribution in [2.45, 2.75) is 50.4 Å². The Morgan fingerprint density at radius 1 is 1.26 bits per heavy atom. The van der Waals surface area contributed by atoms with E-state index in [4.69, 9.17) is 17.3 Å². The van der Waals surface area contributed by atoms with Gasteiger partial charge >= 0.3 is 0 Å². The molecule has 31 heavy (non-hydrogen) atoms. The number of benzene rings is 1. The molecule has 1 aliphatic carbocycles. The second-order valence-electron chi connectivity index (χ2n) is 8.05. The van der Waals surface area contributed by atoms with Gasteiger partial charge in [0.15, 0.2) is 5.01 Å². The summed E-state index contributed by atoms with van der Waals surface area (Å²) in [7, 11) is 0. The number of halogens is 2. The number of rotatable bonds is 4. The molecule has 1 fully saturated rings. The number of nitrogens with one attached hydrogen (secondary N) is 3. The van der Waals surface area contributed by atoms with Crippen LogP contribution in [0.3, 0.4) is 0 Å². The van der Waals surface area contributed by atoms with Crippen LogP contribution in [0.4, 0.5) is 0 Å². The first-order valence-corrected chi connectivity index (χ1v) is 11.3. The molecule has 5 N–H and O–H groups in total. The number of aromatic amines is 1. The third kappa shape index (κ3) is 3.99. The van der Waals surface area contributed by atoms with Crippen molar-refractivity contribution in [2.24, 2.45) is 5.73 Å². The zero-order valence-corrected chi connectivity index (χ0v) is 19.1. The molecule has 2 atom stereocenters. The number of thiazole rings is 1. The van der Waals surface area contributed by atoms with E-state index < -0.39 is 11.6 Å². The zero-order valence-electron chi connectivity index (χ0n) is 16.7. The van der Waals surface area contributed by atoms with E-state index in [0.29, 0.717) is 35.1 Å². The summed E-state index contributed by atoms with van der Waals surface area (Å²) in [6.45, 7) is 1.43. The summed E-state index contributed by atoms with van der Waals surface area (Å²) in [5.41, 5.74) is 7.72. The number of ketones is 1. The van der Waals surface area contributed by atoms with Crippen molar-refractivity contribution in [1.82, 2.24) is 20.6 Å². The van der Waals surface area contributed by atoms with Crippen molar-refractivity contribution in [3.63, 3.8) is 0 Å². The van der Waals surface area contributed by atoms with E-state index in [9.17, 15) is 9.59 Å². The Hall–Kier alpha value is -1.97. The number of hydrogen-bond donors (Lipinski definition) is 4. The third-order valence-electron chi connectivity index (χ3n) is 6.06. The van der Waals surface area contributed by atoms with Crippen molar-refractivity contribution in [1.29, 1.82) is 0 Å². The van der Waals surface area contributed by atoms with Gasteiger partial charge in [-0.15, -0.1) is 23.7 Å². The molecular formula is C21H23Cl2N5O2S. The average molecular weight is 480 g/mol. The SMILES string of the molecule is Cl.NC1(C(=O)c2cc3cc(Cl)ccc3[nH]2)CCCCC1NC(=O)c1nc2c(s1)CNC2. The van der Waals surface area contributed by atoms with Gasteiger partial charge in [0.2, 0.25) is 5.78 Å². The minimum atomic E-state index is -1.17. The van der Waals surface area contributed by atoms with E-state index in [1.54, 1.807) is 12.1 Å². The summed E-state index contributed by atoms with van der Waals surface area (Å²) in [5, 5.41) is 8.13. The highest BCUT2D eigenvalue weighted by molar-refractivity contribution is 7.13. The largest absolute Gasteiger partial charge is 0.352 e. The van der Waals surface area contributed by atoms with Crippen LogP contribution in [0.15, 0.2) is 24.3 Å². The quantitative estimate of drug-likeness (QED) is 0.427. The Labute approximate surface area is 194 Å². The predicted molar refractivity (Wildman–Crippen MR) is 124 cm³/mol. The Morgan fingerprint density at radius 2 is 2.10 bits per heavy atom. The number of carbonyl (C=O) groups is 2. The molecule has 1 amide bonds. The van der Waals surface area contributed by atoms with Crippen LogP contribution in [0, 0.1) is 0 Å². The van der Waals surface area contributed by atoms with Crippen LogP contribution in [0.1, 0.15) is 56.5 Å². The first-order chi connectivity index (χ1) is 14.4. The molecule has 2 unspecified atom stereocenters. The van der Waals surface area contributed by atoms with E-state index in [-0.39, 0.29) is 24.1 Å². The van der Waals surface area contributed by atoms with Crippen LogP contribution >= 0.6 is 35.3 Å². The second kappa shape index (κ2) is 8.52. The lowest BCUT2D eigenvalue weighted by atomic mass is 9.74. The number of nitrogens with two attached hydrogens (primary N) is 1. The van der Waals surface area contributed by atoms with E-state index >= 15 is 0 Å². The Kier molecular flexibility index (Phi) is 6.11. The number of aromatic nitrogens is 2. The summed E-state index contributed by atoms with van der Waals surface area (Å²) in [6, 6.07) is 6.76. The van der Waals surface area contributed by atoms with Crippen LogP contribution in [0.2, 0.25) is 5.02 Å². The molecule has 1 aromatic carbocycles. The van der Waals surface area contributed by atoms with Gasteiger partial charge in [0.05, 0.1) is 17.4 Å². The number of H-pyrrole nitrogens is 1. The second-order valence-corrected chi connectivity index (χ2v) is 9.57. The van der Waals surface area contributed by atoms with Crippen LogP contribution in [0.5, 0.6) is 0 Å². The average Bonchev–Trinajstić information content (AvgIpc) is 3.43. The number of fused-ring (bicyclic) bond motifs is 2. The molecule has 1 aliphatic heterocycles. The first-order valence-electron chi connectivity index (χ1n) is 10.1. The highest BCUT2D eigenvalue weighted by Crippen LogP contribution is 2.32. The standard InChI is InChI=1S/C21H22ClN5O2S.ClH/c22-12-4-5-13-11(7-12)8-14(25-13)18(28)21(23)6-2-1-3-17(21)27-19(29)20-26-15-9-24-10-16(15)30-20;/h4-5,7-8,17,24-25H,1-3,6,9-10,23H2,(H,27,29);1H. The normalized spacial score (nSPS) is 22.7. The van der Waals surface area contributed by atoms with Gasteiger partial charge in [-0.2, -0.15) is 0 Å². The lowest BCUT2D eigenvalue weighted by Crippen LogP contribution is -2.64. The van der Waals surface area contributed by atoms with E-state index in [1.807, 2.05) is 12.1 Å². The van der Waals surface area contributed by atoms with E-state index in [1.165, 1.54) is 11.3 Å². The maximum Gasteiger partial charge on any atom is 0.280 e. The lowest BCUT2D eigenvalue weighted by molar-refractivity contribution is 0.0755. The molecule has 5 rings (SSSR count). The highest BCUT2D eigenvalue weighted by atomic mass is 35.5. The van der Waals surface area contributed by atoms with Gasteiger partial charge in [-0.3, -0.25) is 9.59 Å². The molecule has 2 aromatic heterocycles. The van der Waals surface area contributed by atoms with Gasteiger partial charge in [-0.25, -0.2) is 4.98 Å². The van der Waals surface area contributed by atoms with Gasteiger partial charge in [-0.1, -0.05) is 24.4 Å². The fraction of sp³-hybridized carbons (Fsp3) is 0.381. The number of carbonyl (C=O) groups excluding carboxylic acids is 2. The van der Waals surface area contributed by atoms with Gasteiger partial charge in [0.25, 0.3) is 5.91 Å². The maximum atomic E-state index is 13.5. The zero-order chi connectivity index (χ0) is 20.9. The molecule has 3 heterocycles. The molecule has 0 spiro atoms. The van der Waals surface area contributed by atoms with Crippen LogP contribution in [0.25, 0.3) is 10.9 Å². The van der Waals surface area contributed by atoms with Crippen molar-refractivity contribution in [3.8, 4) is 0 Å². The summed E-state index contributed by atoms with van der Waals surface area (Å²) < 4.78 is 0. The van der Waals surface area contributed by atoms with Gasteiger partial charge in [0, 0.05) is 33.9 Å². The van der Waals surface area contributed by atoms with E-state index in [2.05, 4.69) is 20.6 Å². The molecule has 2 aliphatic rings. The molecule has 1 saturated carbocycles. The molecule has 10 heteroatoms. The minimum Gasteiger partial charge on any atom is -0.352 e. The summed E-state index contributed by atoms with van der Waals surface area (Å²) in [5.74, 6) is -0.446. The first kappa shape index (κ1) is 22.2. The molecule has 0 bridgehead atoms. The third-order valence-corrected chi connectivity index (χ3v) is 7.39. The van der Waals surface area contributed by atoms with Gasteiger partial charge in [0.1, 0.15) is 5.54 Å². The topological polar surface area (TPSA) is 113 Å². The molecule has 3 aromatic rings. The molecular weight excluding hydrogens is 457 g/mol. The number of nitrogens with zero attached hydrogens (tertiary/aromatic N) is 1. The van der Waals surface area contributed by atoms with Crippen molar-refractivity contribution >= 4 is 57.9 Å². The minimum absolute atomic E-state index is 0. The Morgan fingerprint density at radius 3 is 2.90 bits per heavy atom. The van der Waals surface area contributed by atoms with Crippen molar-refractivity contribution in [2.75, 3.05) is 0 Å². The number of Topliss-reactive ketones (excluding diaryl/α,β-unsaturated/α-hetero) is 1. The summed E-state index contributed by atoms with van der Waals surface area (Å²) in [4.78, 5) is 35.0.